The molecule has 0 aliphatic heterocycles. The summed E-state index contributed by atoms with van der Waals surface area (Å²) in [5, 5.41) is 12.6. The predicted octanol–water partition coefficient (Wildman–Crippen LogP) is 4.25. The Morgan fingerprint density at radius 3 is 1.81 bits per heavy atom. The zero-order chi connectivity index (χ0) is 23.8. The molecule has 0 amide bonds. The Balaban J connectivity index is 0.000000279. The molecule has 2 aromatic heterocycles. The molecule has 0 fully saturated rings. The highest BCUT2D eigenvalue weighted by atomic mass is 31.2. The average molecular weight is 451 g/mol. The first-order valence-corrected chi connectivity index (χ1v) is 11.7. The maximum Gasteiger partial charge on any atom is 0.317 e. The smallest absolute Gasteiger partial charge is 0.317 e. The van der Waals surface area contributed by atoms with Gasteiger partial charge in [-0.1, -0.05) is 45.9 Å². The van der Waals surface area contributed by atoms with Crippen molar-refractivity contribution in [3.05, 3.63) is 64.2 Å². The quantitative estimate of drug-likeness (QED) is 0.512. The van der Waals surface area contributed by atoms with Gasteiger partial charge < -0.3 is 14.3 Å². The normalized spacial score (nSPS) is 12.5. The number of para-hydroxylation sites is 1. The molecule has 1 aromatic carbocycles. The highest BCUT2D eigenvalue weighted by Crippen LogP contribution is 2.42. The van der Waals surface area contributed by atoms with Gasteiger partial charge in [0.15, 0.2) is 0 Å². The van der Waals surface area contributed by atoms with Crippen molar-refractivity contribution in [1.29, 1.82) is 0 Å². The number of rotatable bonds is 4. The molecule has 4 N–H and O–H groups in total. The zero-order valence-electron chi connectivity index (χ0n) is 19.6. The van der Waals surface area contributed by atoms with Crippen molar-refractivity contribution in [2.45, 2.75) is 67.2 Å². The summed E-state index contributed by atoms with van der Waals surface area (Å²) in [5.41, 5.74) is 6.09. The number of phosphoric acid groups is 1. The minimum atomic E-state index is -4.77. The van der Waals surface area contributed by atoms with Crippen LogP contribution in [0.1, 0.15) is 73.4 Å². The summed E-state index contributed by atoms with van der Waals surface area (Å²) in [7, 11) is -4.77. The van der Waals surface area contributed by atoms with Gasteiger partial charge in [-0.25, -0.2) is 0 Å². The molecule has 0 bridgehead atoms. The van der Waals surface area contributed by atoms with Gasteiger partial charge in [0.2, 0.25) is 5.69 Å². The third kappa shape index (κ3) is 9.96. The minimum Gasteiger partial charge on any atom is -0.746 e. The van der Waals surface area contributed by atoms with Crippen molar-refractivity contribution in [2.24, 2.45) is 0 Å². The average Bonchev–Trinajstić information content (AvgIpc) is 3.20. The highest BCUT2D eigenvalue weighted by molar-refractivity contribution is 7.45. The van der Waals surface area contributed by atoms with Crippen molar-refractivity contribution in [1.82, 2.24) is 15.3 Å². The first kappa shape index (κ1) is 26.6. The Labute approximate surface area is 184 Å². The van der Waals surface area contributed by atoms with E-state index in [9.17, 15) is 9.46 Å². The van der Waals surface area contributed by atoms with Crippen LogP contribution in [0, 0.1) is 27.7 Å². The number of aromatic nitrogens is 4. The number of H-pyrrole nitrogens is 3. The van der Waals surface area contributed by atoms with Crippen LogP contribution < -0.4 is 14.5 Å². The van der Waals surface area contributed by atoms with Gasteiger partial charge >= 0.3 is 7.82 Å². The monoisotopic (exact) mass is 450 g/mol. The molecule has 0 saturated carbocycles. The van der Waals surface area contributed by atoms with E-state index in [1.807, 2.05) is 79.7 Å². The van der Waals surface area contributed by atoms with Crippen LogP contribution in [0.4, 0.5) is 0 Å². The number of hydrogen-bond acceptors (Lipinski definition) is 4. The van der Waals surface area contributed by atoms with Gasteiger partial charge in [-0.15, -0.1) is 5.10 Å². The van der Waals surface area contributed by atoms with Crippen LogP contribution in [0.5, 0.6) is 5.75 Å². The molecule has 172 valence electrons. The molecule has 0 aliphatic carbocycles. The van der Waals surface area contributed by atoms with Crippen LogP contribution in [0.3, 0.4) is 0 Å². The van der Waals surface area contributed by atoms with E-state index in [0.29, 0.717) is 0 Å². The molecular formula is C22H35N4O4P. The van der Waals surface area contributed by atoms with Crippen molar-refractivity contribution in [3.63, 3.8) is 0 Å². The molecule has 0 radical (unpaired) electrons. The first-order chi connectivity index (χ1) is 14.3. The number of benzene rings is 1. The van der Waals surface area contributed by atoms with Gasteiger partial charge in [0.05, 0.1) is 11.4 Å². The molecule has 2 heterocycles. The van der Waals surface area contributed by atoms with E-state index in [-0.39, 0.29) is 17.6 Å². The second-order valence-corrected chi connectivity index (χ2v) is 9.21. The Morgan fingerprint density at radius 1 is 1.03 bits per heavy atom. The molecule has 1 unspecified atom stereocenters. The zero-order valence-corrected chi connectivity index (χ0v) is 20.5. The van der Waals surface area contributed by atoms with E-state index in [1.165, 1.54) is 11.4 Å². The molecule has 0 aliphatic rings. The Morgan fingerprint density at radius 2 is 1.58 bits per heavy atom. The largest absolute Gasteiger partial charge is 0.746 e. The number of phosphoric ester groups is 1. The number of hydrogen-bond donors (Lipinski definition) is 3. The van der Waals surface area contributed by atoms with E-state index >= 15 is 0 Å². The predicted molar refractivity (Wildman–Crippen MR) is 120 cm³/mol. The molecule has 9 heteroatoms. The van der Waals surface area contributed by atoms with Crippen LogP contribution in [-0.4, -0.2) is 20.2 Å². The van der Waals surface area contributed by atoms with Crippen LogP contribution in [-0.2, 0) is 4.57 Å². The number of nitrogens with zero attached hydrogens (tertiary/aromatic N) is 1. The summed E-state index contributed by atoms with van der Waals surface area (Å²) in [6, 6.07) is 9.54. The summed E-state index contributed by atoms with van der Waals surface area (Å²) in [4.78, 5) is 19.8. The van der Waals surface area contributed by atoms with E-state index in [0.717, 1.165) is 22.5 Å². The van der Waals surface area contributed by atoms with Gasteiger partial charge in [0.25, 0.3) is 0 Å². The molecule has 0 spiro atoms. The second kappa shape index (κ2) is 11.8. The lowest BCUT2D eigenvalue weighted by Gasteiger charge is -2.24. The van der Waals surface area contributed by atoms with Crippen LogP contribution in [0.25, 0.3) is 0 Å². The van der Waals surface area contributed by atoms with Gasteiger partial charge in [-0.3, -0.25) is 9.66 Å². The lowest BCUT2D eigenvalue weighted by atomic mass is 9.94. The molecule has 3 aromatic rings. The van der Waals surface area contributed by atoms with Gasteiger partial charge in [0, 0.05) is 18.7 Å². The van der Waals surface area contributed by atoms with E-state index < -0.39 is 7.82 Å². The van der Waals surface area contributed by atoms with Crippen molar-refractivity contribution in [3.8, 4) is 5.75 Å². The lowest BCUT2D eigenvalue weighted by Crippen LogP contribution is -2.09. The maximum absolute atomic E-state index is 10.9. The third-order valence-electron chi connectivity index (χ3n) is 4.25. The summed E-state index contributed by atoms with van der Waals surface area (Å²) in [6.07, 6.45) is 0. The Hall–Kier alpha value is -2.41. The van der Waals surface area contributed by atoms with Crippen molar-refractivity contribution < 1.29 is 24.0 Å². The lowest BCUT2D eigenvalue weighted by molar-refractivity contribution is -0.457. The summed E-state index contributed by atoms with van der Waals surface area (Å²) < 4.78 is 15.7. The van der Waals surface area contributed by atoms with Gasteiger partial charge in [-0.05, 0) is 49.8 Å². The molecule has 1 atom stereocenters. The fourth-order valence-electron chi connectivity index (χ4n) is 2.85. The molecule has 31 heavy (non-hydrogen) atoms. The first-order valence-electron chi connectivity index (χ1n) is 10.2. The number of aryl methyl sites for hydroxylation is 4. The summed E-state index contributed by atoms with van der Waals surface area (Å²) >= 11 is 0. The van der Waals surface area contributed by atoms with Crippen molar-refractivity contribution >= 4 is 7.82 Å². The van der Waals surface area contributed by atoms with Gasteiger partial charge in [0.1, 0.15) is 5.75 Å². The number of nitrogens with one attached hydrogen (secondary N) is 3. The van der Waals surface area contributed by atoms with Crippen LogP contribution >= 0.6 is 7.82 Å². The third-order valence-corrected chi connectivity index (χ3v) is 4.66. The second-order valence-electron chi connectivity index (χ2n) is 8.09. The SMILES string of the molecule is CC(C)c1cccc(C(C)C)c1OP(=O)([O-])O.Cc1cc(C)[nH+][nH]1.Cc1cc(C)[nH]n1. The minimum absolute atomic E-state index is 0.121. The van der Waals surface area contributed by atoms with E-state index in [2.05, 4.69) is 26.5 Å². The van der Waals surface area contributed by atoms with Crippen LogP contribution in [0.15, 0.2) is 30.3 Å². The molecular weight excluding hydrogens is 415 g/mol. The molecule has 8 nitrogen and oxygen atoms in total. The van der Waals surface area contributed by atoms with Crippen molar-refractivity contribution in [2.75, 3.05) is 0 Å². The molecule has 3 rings (SSSR count). The summed E-state index contributed by atoms with van der Waals surface area (Å²) in [5.74, 6) is 0.504. The Bertz CT molecular complexity index is 892. The highest BCUT2D eigenvalue weighted by Gasteiger charge is 2.18. The molecule has 0 saturated heterocycles. The van der Waals surface area contributed by atoms with E-state index in [4.69, 9.17) is 9.42 Å². The standard InChI is InChI=1S/C12H19O4P.2C5H8N2/c1-8(2)10-6-5-7-11(9(3)4)12(10)16-17(13,14)15;2*1-4-3-5(2)7-6-4/h5-9H,1-4H3,(H2,13,14,15);2*3H,1-2H3,(H,6,7). The fraction of sp³-hybridized carbons (Fsp3) is 0.455. The van der Waals surface area contributed by atoms with Gasteiger partial charge in [-0.2, -0.15) is 10.2 Å². The summed E-state index contributed by atoms with van der Waals surface area (Å²) in [6.45, 7) is 15.8. The number of aromatic amines is 3. The maximum atomic E-state index is 10.9. The van der Waals surface area contributed by atoms with E-state index in [1.54, 1.807) is 0 Å². The van der Waals surface area contributed by atoms with Crippen LogP contribution in [0.2, 0.25) is 0 Å². The topological polar surface area (TPSA) is 128 Å². The fourth-order valence-corrected chi connectivity index (χ4v) is 3.29. The Kier molecular flexibility index (Phi) is 10.2.